The van der Waals surface area contributed by atoms with Crippen LogP contribution in [0.5, 0.6) is 0 Å². The highest BCUT2D eigenvalue weighted by molar-refractivity contribution is 9.10. The highest BCUT2D eigenvalue weighted by Gasteiger charge is 2.21. The molecule has 1 saturated heterocycles. The van der Waals surface area contributed by atoms with Crippen LogP contribution in [0, 0.1) is 0 Å². The average Bonchev–Trinajstić information content (AvgIpc) is 2.87. The maximum absolute atomic E-state index is 12.6. The van der Waals surface area contributed by atoms with E-state index in [4.69, 9.17) is 4.74 Å². The number of hydrogen-bond donors (Lipinski definition) is 1. The van der Waals surface area contributed by atoms with Crippen molar-refractivity contribution < 1.29 is 9.53 Å². The molecule has 0 unspecified atom stereocenters. The van der Waals surface area contributed by atoms with Crippen molar-refractivity contribution in [1.82, 2.24) is 14.9 Å². The van der Waals surface area contributed by atoms with Crippen LogP contribution in [0.2, 0.25) is 0 Å². The van der Waals surface area contributed by atoms with E-state index in [-0.39, 0.29) is 18.0 Å². The first-order chi connectivity index (χ1) is 10.6. The number of nitrogens with one attached hydrogen (secondary N) is 1. The van der Waals surface area contributed by atoms with Gasteiger partial charge in [0.2, 0.25) is 0 Å². The lowest BCUT2D eigenvalue weighted by Gasteiger charge is -2.22. The van der Waals surface area contributed by atoms with Crippen LogP contribution >= 0.6 is 15.9 Å². The second-order valence-corrected chi connectivity index (χ2v) is 6.74. The third-order valence-corrected chi connectivity index (χ3v) is 4.48. The van der Waals surface area contributed by atoms with Crippen molar-refractivity contribution in [3.8, 4) is 0 Å². The molecule has 0 bridgehead atoms. The second kappa shape index (κ2) is 6.38. The van der Waals surface area contributed by atoms with E-state index in [1.807, 2.05) is 12.3 Å². The molecule has 22 heavy (non-hydrogen) atoms. The Labute approximate surface area is 138 Å². The number of nitrogens with zero attached hydrogens (tertiary/aromatic N) is 2. The first-order valence-electron chi connectivity index (χ1n) is 7.61. The van der Waals surface area contributed by atoms with Gasteiger partial charge in [-0.25, -0.2) is 4.98 Å². The topological polar surface area (TPSA) is 56.2 Å². The molecule has 6 heteroatoms. The highest BCUT2D eigenvalue weighted by Crippen LogP contribution is 2.26. The Morgan fingerprint density at radius 3 is 2.86 bits per heavy atom. The molecule has 118 valence electrons. The van der Waals surface area contributed by atoms with E-state index in [0.717, 1.165) is 28.3 Å². The molecule has 0 aromatic carbocycles. The number of rotatable bonds is 3. The van der Waals surface area contributed by atoms with Crippen molar-refractivity contribution in [2.75, 3.05) is 13.2 Å². The van der Waals surface area contributed by atoms with Gasteiger partial charge in [-0.1, -0.05) is 0 Å². The van der Waals surface area contributed by atoms with Crippen LogP contribution in [-0.4, -0.2) is 34.7 Å². The van der Waals surface area contributed by atoms with E-state index in [1.54, 1.807) is 6.20 Å². The number of amides is 1. The van der Waals surface area contributed by atoms with Crippen molar-refractivity contribution in [3.05, 3.63) is 28.6 Å². The molecule has 0 saturated carbocycles. The van der Waals surface area contributed by atoms with Crippen LogP contribution in [-0.2, 0) is 4.74 Å². The average molecular weight is 366 g/mol. The van der Waals surface area contributed by atoms with Gasteiger partial charge in [-0.2, -0.15) is 0 Å². The fourth-order valence-corrected chi connectivity index (χ4v) is 3.15. The number of carbonyl (C=O) groups excluding carboxylic acids is 1. The van der Waals surface area contributed by atoms with E-state index in [1.165, 1.54) is 0 Å². The van der Waals surface area contributed by atoms with Crippen molar-refractivity contribution in [2.45, 2.75) is 38.8 Å². The Morgan fingerprint density at radius 2 is 2.18 bits per heavy atom. The summed E-state index contributed by atoms with van der Waals surface area (Å²) >= 11 is 3.40. The van der Waals surface area contributed by atoms with Gasteiger partial charge >= 0.3 is 0 Å². The lowest BCUT2D eigenvalue weighted by molar-refractivity contribution is 0.0697. The number of pyridine rings is 1. The van der Waals surface area contributed by atoms with Crippen LogP contribution in [0.3, 0.4) is 0 Å². The van der Waals surface area contributed by atoms with Gasteiger partial charge in [0.05, 0.1) is 11.1 Å². The van der Waals surface area contributed by atoms with Gasteiger partial charge in [0.25, 0.3) is 5.91 Å². The standard InChI is InChI=1S/C16H20BrN3O2/c1-10(2)20-9-13(12-8-18-15(17)7-14(12)20)16(21)19-11-3-5-22-6-4-11/h7-11H,3-6H2,1-2H3,(H,19,21). The van der Waals surface area contributed by atoms with Crippen LogP contribution in [0.4, 0.5) is 0 Å². The van der Waals surface area contributed by atoms with E-state index in [2.05, 4.69) is 44.6 Å². The molecule has 2 aromatic heterocycles. The first-order valence-corrected chi connectivity index (χ1v) is 8.40. The van der Waals surface area contributed by atoms with E-state index >= 15 is 0 Å². The van der Waals surface area contributed by atoms with Crippen molar-refractivity contribution in [2.24, 2.45) is 0 Å². The maximum Gasteiger partial charge on any atom is 0.253 e. The second-order valence-electron chi connectivity index (χ2n) is 5.93. The van der Waals surface area contributed by atoms with Crippen LogP contribution in [0.15, 0.2) is 23.1 Å². The van der Waals surface area contributed by atoms with Crippen molar-refractivity contribution in [3.63, 3.8) is 0 Å². The Hall–Kier alpha value is -1.40. The Morgan fingerprint density at radius 1 is 1.45 bits per heavy atom. The maximum atomic E-state index is 12.6. The smallest absolute Gasteiger partial charge is 0.253 e. The summed E-state index contributed by atoms with van der Waals surface area (Å²) < 4.78 is 8.22. The van der Waals surface area contributed by atoms with Crippen LogP contribution < -0.4 is 5.32 Å². The fourth-order valence-electron chi connectivity index (χ4n) is 2.83. The largest absolute Gasteiger partial charge is 0.381 e. The van der Waals surface area contributed by atoms with Crippen molar-refractivity contribution in [1.29, 1.82) is 0 Å². The molecule has 1 N–H and O–H groups in total. The van der Waals surface area contributed by atoms with E-state index < -0.39 is 0 Å². The quantitative estimate of drug-likeness (QED) is 0.849. The van der Waals surface area contributed by atoms with E-state index in [0.29, 0.717) is 18.8 Å². The van der Waals surface area contributed by atoms with Gasteiger partial charge in [0.1, 0.15) is 4.60 Å². The Balaban J connectivity index is 1.94. The Kier molecular flexibility index (Phi) is 4.49. The minimum atomic E-state index is -0.0274. The molecule has 1 amide bonds. The molecule has 0 atom stereocenters. The summed E-state index contributed by atoms with van der Waals surface area (Å²) in [7, 11) is 0. The molecule has 0 spiro atoms. The molecule has 1 fully saturated rings. The predicted octanol–water partition coefficient (Wildman–Crippen LogP) is 3.29. The lowest BCUT2D eigenvalue weighted by Crippen LogP contribution is -2.38. The number of fused-ring (bicyclic) bond motifs is 1. The van der Waals surface area contributed by atoms with Gasteiger partial charge in [0, 0.05) is 43.1 Å². The highest BCUT2D eigenvalue weighted by atomic mass is 79.9. The summed E-state index contributed by atoms with van der Waals surface area (Å²) in [6, 6.07) is 2.43. The number of hydrogen-bond acceptors (Lipinski definition) is 3. The monoisotopic (exact) mass is 365 g/mol. The molecule has 2 aromatic rings. The number of halogens is 1. The summed E-state index contributed by atoms with van der Waals surface area (Å²) in [6.07, 6.45) is 5.44. The molecular weight excluding hydrogens is 346 g/mol. The zero-order valence-electron chi connectivity index (χ0n) is 12.8. The summed E-state index contributed by atoms with van der Waals surface area (Å²) in [5.41, 5.74) is 1.71. The molecule has 3 heterocycles. The van der Waals surface area contributed by atoms with Gasteiger partial charge in [-0.05, 0) is 48.7 Å². The molecule has 1 aliphatic heterocycles. The number of aromatic nitrogens is 2. The summed E-state index contributed by atoms with van der Waals surface area (Å²) in [6.45, 7) is 5.64. The van der Waals surface area contributed by atoms with Gasteiger partial charge < -0.3 is 14.6 Å². The van der Waals surface area contributed by atoms with Crippen LogP contribution in [0.1, 0.15) is 43.1 Å². The lowest BCUT2D eigenvalue weighted by atomic mass is 10.1. The van der Waals surface area contributed by atoms with Crippen molar-refractivity contribution >= 4 is 32.7 Å². The fraction of sp³-hybridized carbons (Fsp3) is 0.500. The zero-order chi connectivity index (χ0) is 15.7. The summed E-state index contributed by atoms with van der Waals surface area (Å²) in [5, 5.41) is 4.01. The van der Waals surface area contributed by atoms with E-state index in [9.17, 15) is 4.79 Å². The third kappa shape index (κ3) is 3.03. The number of ether oxygens (including phenoxy) is 1. The summed E-state index contributed by atoms with van der Waals surface area (Å²) in [4.78, 5) is 16.9. The first kappa shape index (κ1) is 15.5. The van der Waals surface area contributed by atoms with Crippen LogP contribution in [0.25, 0.3) is 10.9 Å². The molecule has 1 aliphatic rings. The van der Waals surface area contributed by atoms with Gasteiger partial charge in [-0.15, -0.1) is 0 Å². The zero-order valence-corrected chi connectivity index (χ0v) is 14.4. The minimum Gasteiger partial charge on any atom is -0.381 e. The molecule has 3 rings (SSSR count). The predicted molar refractivity (Wildman–Crippen MR) is 89.1 cm³/mol. The minimum absolute atomic E-state index is 0.0274. The Bertz CT molecular complexity index is 690. The SMILES string of the molecule is CC(C)n1cc(C(=O)NC2CCOCC2)c2cnc(Br)cc21. The van der Waals surface area contributed by atoms with Gasteiger partial charge in [-0.3, -0.25) is 4.79 Å². The molecule has 0 aliphatic carbocycles. The molecule has 5 nitrogen and oxygen atoms in total. The molecule has 0 radical (unpaired) electrons. The summed E-state index contributed by atoms with van der Waals surface area (Å²) in [5.74, 6) is -0.0274. The normalized spacial score (nSPS) is 16.4. The van der Waals surface area contributed by atoms with Gasteiger partial charge in [0.15, 0.2) is 0 Å². The third-order valence-electron chi connectivity index (χ3n) is 4.04. The molecular formula is C16H20BrN3O2. The number of carbonyl (C=O) groups is 1.